The molecule has 5 nitrogen and oxygen atoms in total. The van der Waals surface area contributed by atoms with Crippen LogP contribution in [0, 0.1) is 5.92 Å². The van der Waals surface area contributed by atoms with Crippen LogP contribution in [0.5, 0.6) is 0 Å². The lowest BCUT2D eigenvalue weighted by molar-refractivity contribution is -0.184. The van der Waals surface area contributed by atoms with E-state index in [1.54, 1.807) is 6.92 Å². The van der Waals surface area contributed by atoms with E-state index in [4.69, 9.17) is 5.11 Å². The first-order chi connectivity index (χ1) is 9.70. The van der Waals surface area contributed by atoms with Crippen molar-refractivity contribution in [2.24, 2.45) is 5.92 Å². The lowest BCUT2D eigenvalue weighted by Gasteiger charge is -2.34. The third-order valence-corrected chi connectivity index (χ3v) is 3.57. The molecular weight excluding hydrogens is 289 g/mol. The zero-order chi connectivity index (χ0) is 16.0. The molecule has 1 fully saturated rings. The molecule has 1 rings (SSSR count). The van der Waals surface area contributed by atoms with Crippen LogP contribution in [0.2, 0.25) is 0 Å². The molecule has 1 heterocycles. The van der Waals surface area contributed by atoms with E-state index in [0.29, 0.717) is 25.8 Å². The van der Waals surface area contributed by atoms with Crippen LogP contribution in [0.15, 0.2) is 0 Å². The molecule has 0 bridgehead atoms. The number of hydrogen-bond acceptors (Lipinski definition) is 2. The molecule has 122 valence electrons. The van der Waals surface area contributed by atoms with Crippen molar-refractivity contribution < 1.29 is 27.9 Å². The molecule has 2 unspecified atom stereocenters. The monoisotopic (exact) mass is 310 g/mol. The van der Waals surface area contributed by atoms with Crippen LogP contribution >= 0.6 is 0 Å². The number of rotatable bonds is 5. The minimum Gasteiger partial charge on any atom is -0.481 e. The van der Waals surface area contributed by atoms with E-state index >= 15 is 0 Å². The molecule has 0 radical (unpaired) electrons. The Labute approximate surface area is 121 Å². The summed E-state index contributed by atoms with van der Waals surface area (Å²) < 4.78 is 38.0. The number of halogens is 3. The number of amides is 2. The van der Waals surface area contributed by atoms with Crippen molar-refractivity contribution >= 4 is 12.0 Å². The summed E-state index contributed by atoms with van der Waals surface area (Å²) in [4.78, 5) is 23.5. The maximum atomic E-state index is 12.7. The second-order valence-corrected chi connectivity index (χ2v) is 5.46. The molecule has 8 heteroatoms. The van der Waals surface area contributed by atoms with E-state index in [-0.39, 0.29) is 25.4 Å². The van der Waals surface area contributed by atoms with Crippen LogP contribution in [-0.4, -0.2) is 47.3 Å². The molecule has 0 aromatic carbocycles. The van der Waals surface area contributed by atoms with Crippen molar-refractivity contribution in [2.45, 2.75) is 51.2 Å². The highest BCUT2D eigenvalue weighted by Gasteiger charge is 2.42. The zero-order valence-electron chi connectivity index (χ0n) is 11.9. The molecule has 1 aliphatic heterocycles. The molecule has 1 aliphatic rings. The molecule has 0 aromatic heterocycles. The third-order valence-electron chi connectivity index (χ3n) is 3.57. The first-order valence-electron chi connectivity index (χ1n) is 7.04. The van der Waals surface area contributed by atoms with Crippen molar-refractivity contribution in [3.05, 3.63) is 0 Å². The average molecular weight is 310 g/mol. The Morgan fingerprint density at radius 2 is 2.10 bits per heavy atom. The maximum Gasteiger partial charge on any atom is 0.393 e. The number of carboxylic acid groups (broad SMARTS) is 1. The van der Waals surface area contributed by atoms with Gasteiger partial charge in [-0.2, -0.15) is 13.2 Å². The molecule has 0 aliphatic carbocycles. The Morgan fingerprint density at radius 1 is 1.43 bits per heavy atom. The lowest BCUT2D eigenvalue weighted by atomic mass is 9.98. The van der Waals surface area contributed by atoms with Gasteiger partial charge in [0.05, 0.1) is 5.92 Å². The number of alkyl halides is 3. The largest absolute Gasteiger partial charge is 0.481 e. The highest BCUT2D eigenvalue weighted by atomic mass is 19.4. The van der Waals surface area contributed by atoms with Gasteiger partial charge in [0.25, 0.3) is 0 Å². The Morgan fingerprint density at radius 3 is 2.67 bits per heavy atom. The smallest absolute Gasteiger partial charge is 0.393 e. The quantitative estimate of drug-likeness (QED) is 0.820. The van der Waals surface area contributed by atoms with Gasteiger partial charge in [0.1, 0.15) is 0 Å². The third kappa shape index (κ3) is 6.22. The van der Waals surface area contributed by atoms with Gasteiger partial charge in [0, 0.05) is 25.6 Å². The zero-order valence-corrected chi connectivity index (χ0v) is 11.9. The summed E-state index contributed by atoms with van der Waals surface area (Å²) in [7, 11) is 0. The van der Waals surface area contributed by atoms with Gasteiger partial charge in [-0.1, -0.05) is 0 Å². The van der Waals surface area contributed by atoms with Crippen LogP contribution in [0.3, 0.4) is 0 Å². The SMILES string of the molecule is CC(CCCC(=O)O)NC(=O)N1CCCC(C(F)(F)F)C1. The number of urea groups is 1. The van der Waals surface area contributed by atoms with Crippen LogP contribution in [0.1, 0.15) is 39.0 Å². The Kier molecular flexibility index (Phi) is 6.29. The van der Waals surface area contributed by atoms with Gasteiger partial charge in [-0.3, -0.25) is 4.79 Å². The van der Waals surface area contributed by atoms with Gasteiger partial charge in [-0.05, 0) is 32.6 Å². The molecule has 0 spiro atoms. The van der Waals surface area contributed by atoms with Crippen molar-refractivity contribution in [1.29, 1.82) is 0 Å². The summed E-state index contributed by atoms with van der Waals surface area (Å²) >= 11 is 0. The Bertz CT molecular complexity index is 374. The van der Waals surface area contributed by atoms with Gasteiger partial charge in [-0.25, -0.2) is 4.79 Å². The minimum atomic E-state index is -4.27. The first-order valence-corrected chi connectivity index (χ1v) is 7.04. The number of nitrogens with zero attached hydrogens (tertiary/aromatic N) is 1. The van der Waals surface area contributed by atoms with Gasteiger partial charge < -0.3 is 15.3 Å². The maximum absolute atomic E-state index is 12.7. The number of piperidine rings is 1. The van der Waals surface area contributed by atoms with Crippen LogP contribution in [-0.2, 0) is 4.79 Å². The van der Waals surface area contributed by atoms with Crippen LogP contribution in [0.25, 0.3) is 0 Å². The van der Waals surface area contributed by atoms with Crippen molar-refractivity contribution in [1.82, 2.24) is 10.2 Å². The summed E-state index contributed by atoms with van der Waals surface area (Å²) in [5.74, 6) is -2.36. The lowest BCUT2D eigenvalue weighted by Crippen LogP contribution is -2.50. The number of carbonyl (C=O) groups excluding carboxylic acids is 1. The summed E-state index contributed by atoms with van der Waals surface area (Å²) in [6, 6.07) is -0.769. The summed E-state index contributed by atoms with van der Waals surface area (Å²) in [5.41, 5.74) is 0. The average Bonchev–Trinajstić information content (AvgIpc) is 2.37. The van der Waals surface area contributed by atoms with Crippen molar-refractivity contribution in [2.75, 3.05) is 13.1 Å². The normalized spacial score (nSPS) is 21.0. The van der Waals surface area contributed by atoms with Crippen LogP contribution < -0.4 is 5.32 Å². The van der Waals surface area contributed by atoms with Gasteiger partial charge in [-0.15, -0.1) is 0 Å². The summed E-state index contributed by atoms with van der Waals surface area (Å²) in [6.45, 7) is 1.72. The van der Waals surface area contributed by atoms with E-state index in [9.17, 15) is 22.8 Å². The number of likely N-dealkylation sites (tertiary alicyclic amines) is 1. The minimum absolute atomic E-state index is 0.0140. The van der Waals surface area contributed by atoms with Crippen molar-refractivity contribution in [3.8, 4) is 0 Å². The molecule has 2 N–H and O–H groups in total. The fraction of sp³-hybridized carbons (Fsp3) is 0.846. The summed E-state index contributed by atoms with van der Waals surface area (Å²) in [6.07, 6.45) is -2.96. The summed E-state index contributed by atoms with van der Waals surface area (Å²) in [5, 5.41) is 11.1. The fourth-order valence-electron chi connectivity index (χ4n) is 2.36. The topological polar surface area (TPSA) is 69.6 Å². The fourth-order valence-corrected chi connectivity index (χ4v) is 2.36. The number of nitrogens with one attached hydrogen (secondary N) is 1. The second-order valence-electron chi connectivity index (χ2n) is 5.46. The van der Waals surface area contributed by atoms with Crippen LogP contribution in [0.4, 0.5) is 18.0 Å². The van der Waals surface area contributed by atoms with Crippen molar-refractivity contribution in [3.63, 3.8) is 0 Å². The molecule has 0 saturated carbocycles. The number of aliphatic carboxylic acids is 1. The highest BCUT2D eigenvalue weighted by molar-refractivity contribution is 5.74. The Balaban J connectivity index is 2.38. The number of carboxylic acids is 1. The molecular formula is C13H21F3N2O3. The molecule has 2 amide bonds. The molecule has 0 aromatic rings. The predicted molar refractivity (Wildman–Crippen MR) is 69.8 cm³/mol. The van der Waals surface area contributed by atoms with Gasteiger partial charge >= 0.3 is 18.2 Å². The van der Waals surface area contributed by atoms with E-state index in [1.807, 2.05) is 0 Å². The van der Waals surface area contributed by atoms with E-state index in [0.717, 1.165) is 0 Å². The van der Waals surface area contributed by atoms with E-state index in [1.165, 1.54) is 4.90 Å². The van der Waals surface area contributed by atoms with E-state index in [2.05, 4.69) is 5.32 Å². The predicted octanol–water partition coefficient (Wildman–Crippen LogP) is 2.61. The molecule has 2 atom stereocenters. The first kappa shape index (κ1) is 17.6. The molecule has 21 heavy (non-hydrogen) atoms. The van der Waals surface area contributed by atoms with Gasteiger partial charge in [0.2, 0.25) is 0 Å². The number of hydrogen-bond donors (Lipinski definition) is 2. The van der Waals surface area contributed by atoms with Gasteiger partial charge in [0.15, 0.2) is 0 Å². The number of carbonyl (C=O) groups is 2. The standard InChI is InChI=1S/C13H21F3N2O3/c1-9(4-2-6-11(19)20)17-12(21)18-7-3-5-10(8-18)13(14,15)16/h9-10H,2-8H2,1H3,(H,17,21)(H,19,20). The second kappa shape index (κ2) is 7.51. The highest BCUT2D eigenvalue weighted by Crippen LogP contribution is 2.33. The Hall–Kier alpha value is -1.47. The molecule has 1 saturated heterocycles. The van der Waals surface area contributed by atoms with E-state index < -0.39 is 24.1 Å².